The monoisotopic (exact) mass is 283 g/mol. The van der Waals surface area contributed by atoms with Crippen molar-refractivity contribution in [1.82, 2.24) is 5.32 Å². The molecule has 0 spiro atoms. The third kappa shape index (κ3) is 5.35. The number of nitrogens with one attached hydrogen (secondary N) is 1. The van der Waals surface area contributed by atoms with E-state index in [0.29, 0.717) is 0 Å². The van der Waals surface area contributed by atoms with Gasteiger partial charge < -0.3 is 14.8 Å². The zero-order valence-electron chi connectivity index (χ0n) is 10.3. The second-order valence-electron chi connectivity index (χ2n) is 3.46. The molecule has 1 rings (SSSR count). The van der Waals surface area contributed by atoms with E-state index in [4.69, 9.17) is 11.2 Å². The summed E-state index contributed by atoms with van der Waals surface area (Å²) in [5.41, 5.74) is 0.108. The third-order valence-electron chi connectivity index (χ3n) is 2.04. The van der Waals surface area contributed by atoms with Crippen molar-refractivity contribution in [3.05, 3.63) is 29.8 Å². The van der Waals surface area contributed by atoms with Crippen LogP contribution in [-0.2, 0) is 9.53 Å². The lowest BCUT2D eigenvalue weighted by molar-refractivity contribution is -0.123. The molecule has 0 bridgehead atoms. The van der Waals surface area contributed by atoms with Crippen LogP contribution in [0.4, 0.5) is 8.78 Å². The van der Waals surface area contributed by atoms with Gasteiger partial charge in [-0.25, -0.2) is 4.79 Å². The van der Waals surface area contributed by atoms with Gasteiger partial charge in [0.05, 0.1) is 12.1 Å². The van der Waals surface area contributed by atoms with Gasteiger partial charge in [-0.15, -0.1) is 6.42 Å². The number of esters is 1. The van der Waals surface area contributed by atoms with Crippen LogP contribution in [0, 0.1) is 12.3 Å². The van der Waals surface area contributed by atoms with Gasteiger partial charge in [-0.05, 0) is 24.3 Å². The van der Waals surface area contributed by atoms with E-state index in [-0.39, 0.29) is 17.9 Å². The van der Waals surface area contributed by atoms with Gasteiger partial charge in [0.2, 0.25) is 0 Å². The number of hydrogen-bond donors (Lipinski definition) is 1. The third-order valence-corrected chi connectivity index (χ3v) is 2.04. The summed E-state index contributed by atoms with van der Waals surface area (Å²) in [5.74, 6) is 0.819. The van der Waals surface area contributed by atoms with Crippen LogP contribution in [0.3, 0.4) is 0 Å². The van der Waals surface area contributed by atoms with Crippen LogP contribution in [0.2, 0.25) is 0 Å². The van der Waals surface area contributed by atoms with Crippen molar-refractivity contribution in [2.75, 3.05) is 13.2 Å². The number of alkyl halides is 2. The van der Waals surface area contributed by atoms with Crippen LogP contribution in [0.1, 0.15) is 10.4 Å². The largest absolute Gasteiger partial charge is 0.452 e. The molecule has 20 heavy (non-hydrogen) atoms. The van der Waals surface area contributed by atoms with E-state index >= 15 is 0 Å². The number of carbonyl (C=O) groups excluding carboxylic acids is 2. The molecule has 0 aliphatic heterocycles. The van der Waals surface area contributed by atoms with Crippen molar-refractivity contribution in [1.29, 1.82) is 0 Å². The molecule has 1 amide bonds. The highest BCUT2D eigenvalue weighted by atomic mass is 19.3. The Morgan fingerprint density at radius 2 is 1.95 bits per heavy atom. The van der Waals surface area contributed by atoms with Crippen molar-refractivity contribution < 1.29 is 27.8 Å². The average molecular weight is 283 g/mol. The van der Waals surface area contributed by atoms with E-state index in [1.54, 1.807) is 0 Å². The molecular weight excluding hydrogens is 272 g/mol. The Kier molecular flexibility index (Phi) is 5.97. The smallest absolute Gasteiger partial charge is 0.387 e. The van der Waals surface area contributed by atoms with Gasteiger partial charge in [-0.2, -0.15) is 8.78 Å². The highest BCUT2D eigenvalue weighted by Gasteiger charge is 2.11. The maximum atomic E-state index is 11.9. The molecule has 7 heteroatoms. The van der Waals surface area contributed by atoms with Gasteiger partial charge in [-0.1, -0.05) is 5.92 Å². The molecule has 0 aromatic heterocycles. The standard InChI is InChI=1S/C13H11F2NO4/c1-2-7-16-11(17)8-19-12(18)9-3-5-10(6-4-9)20-13(14)15/h1,3-6,13H,7-8H2,(H,16,17). The number of rotatable bonds is 6. The van der Waals surface area contributed by atoms with Crippen molar-refractivity contribution in [2.45, 2.75) is 6.61 Å². The lowest BCUT2D eigenvalue weighted by Crippen LogP contribution is -2.28. The molecule has 1 aromatic rings. The Bertz CT molecular complexity index is 508. The van der Waals surface area contributed by atoms with Gasteiger partial charge in [-0.3, -0.25) is 4.79 Å². The maximum Gasteiger partial charge on any atom is 0.387 e. The van der Waals surface area contributed by atoms with Crippen LogP contribution in [0.5, 0.6) is 5.75 Å². The predicted octanol–water partition coefficient (Wildman–Crippen LogP) is 1.19. The molecule has 0 atom stereocenters. The number of amides is 1. The molecule has 0 radical (unpaired) electrons. The summed E-state index contributed by atoms with van der Waals surface area (Å²) in [6, 6.07) is 4.89. The van der Waals surface area contributed by atoms with Crippen molar-refractivity contribution in [3.63, 3.8) is 0 Å². The molecule has 0 unspecified atom stereocenters. The van der Waals surface area contributed by atoms with Gasteiger partial charge in [0.1, 0.15) is 5.75 Å². The molecule has 1 aromatic carbocycles. The average Bonchev–Trinajstić information content (AvgIpc) is 2.42. The molecule has 0 aliphatic rings. The molecule has 1 N–H and O–H groups in total. The Balaban J connectivity index is 2.47. The van der Waals surface area contributed by atoms with Gasteiger partial charge >= 0.3 is 12.6 Å². The maximum absolute atomic E-state index is 11.9. The summed E-state index contributed by atoms with van der Waals surface area (Å²) in [4.78, 5) is 22.7. The Morgan fingerprint density at radius 3 is 2.50 bits per heavy atom. The second kappa shape index (κ2) is 7.74. The number of terminal acetylenes is 1. The zero-order valence-corrected chi connectivity index (χ0v) is 10.3. The van der Waals surface area contributed by atoms with Crippen molar-refractivity contribution >= 4 is 11.9 Å². The van der Waals surface area contributed by atoms with E-state index in [0.717, 1.165) is 0 Å². The predicted molar refractivity (Wildman–Crippen MR) is 65.2 cm³/mol. The van der Waals surface area contributed by atoms with Crippen LogP contribution < -0.4 is 10.1 Å². The van der Waals surface area contributed by atoms with Crippen LogP contribution in [-0.4, -0.2) is 31.6 Å². The first kappa shape index (κ1) is 15.4. The quantitative estimate of drug-likeness (QED) is 0.629. The second-order valence-corrected chi connectivity index (χ2v) is 3.46. The summed E-state index contributed by atoms with van der Waals surface area (Å²) in [7, 11) is 0. The minimum Gasteiger partial charge on any atom is -0.452 e. The van der Waals surface area contributed by atoms with E-state index in [2.05, 4.69) is 16.0 Å². The van der Waals surface area contributed by atoms with Gasteiger partial charge in [0.15, 0.2) is 6.61 Å². The Morgan fingerprint density at radius 1 is 1.30 bits per heavy atom. The highest BCUT2D eigenvalue weighted by Crippen LogP contribution is 2.15. The first-order valence-corrected chi connectivity index (χ1v) is 5.45. The lowest BCUT2D eigenvalue weighted by Gasteiger charge is -2.06. The van der Waals surface area contributed by atoms with Crippen molar-refractivity contribution in [2.24, 2.45) is 0 Å². The highest BCUT2D eigenvalue weighted by molar-refractivity contribution is 5.91. The summed E-state index contributed by atoms with van der Waals surface area (Å²) < 4.78 is 32.7. The molecule has 0 fully saturated rings. The van der Waals surface area contributed by atoms with E-state index in [9.17, 15) is 18.4 Å². The molecule has 106 valence electrons. The van der Waals surface area contributed by atoms with Crippen molar-refractivity contribution in [3.8, 4) is 18.1 Å². The summed E-state index contributed by atoms with van der Waals surface area (Å²) in [5, 5.41) is 2.31. The summed E-state index contributed by atoms with van der Waals surface area (Å²) in [6.45, 7) is -3.38. The number of halogens is 2. The fraction of sp³-hybridized carbons (Fsp3) is 0.231. The normalized spacial score (nSPS) is 9.70. The molecule has 0 heterocycles. The van der Waals surface area contributed by atoms with Gasteiger partial charge in [0.25, 0.3) is 5.91 Å². The SMILES string of the molecule is C#CCNC(=O)COC(=O)c1ccc(OC(F)F)cc1. The molecule has 0 saturated heterocycles. The number of benzene rings is 1. The minimum atomic E-state index is -2.94. The molecule has 0 saturated carbocycles. The van der Waals surface area contributed by atoms with Gasteiger partial charge in [0, 0.05) is 0 Å². The van der Waals surface area contributed by atoms with Crippen LogP contribution in [0.25, 0.3) is 0 Å². The minimum absolute atomic E-state index is 0.0377. The van der Waals surface area contributed by atoms with Crippen LogP contribution in [0.15, 0.2) is 24.3 Å². The summed E-state index contributed by atoms with van der Waals surface area (Å²) >= 11 is 0. The molecular formula is C13H11F2NO4. The Hall–Kier alpha value is -2.62. The summed E-state index contributed by atoms with van der Waals surface area (Å²) in [6.07, 6.45) is 4.93. The molecule has 0 aliphatic carbocycles. The van der Waals surface area contributed by atoms with E-state index in [1.165, 1.54) is 24.3 Å². The first-order valence-electron chi connectivity index (χ1n) is 5.45. The zero-order chi connectivity index (χ0) is 15.0. The Labute approximate surface area is 113 Å². The number of ether oxygens (including phenoxy) is 2. The van der Waals surface area contributed by atoms with Crippen LogP contribution >= 0.6 is 0 Å². The number of carbonyl (C=O) groups is 2. The van der Waals surface area contributed by atoms with E-state index in [1.807, 2.05) is 0 Å². The van der Waals surface area contributed by atoms with E-state index < -0.39 is 25.1 Å². The topological polar surface area (TPSA) is 64.6 Å². The first-order chi connectivity index (χ1) is 9.52. The lowest BCUT2D eigenvalue weighted by atomic mass is 10.2. The fourth-order valence-corrected chi connectivity index (χ4v) is 1.19. The fourth-order valence-electron chi connectivity index (χ4n) is 1.19. The molecule has 5 nitrogen and oxygen atoms in total. The number of hydrogen-bond acceptors (Lipinski definition) is 4.